The van der Waals surface area contributed by atoms with Gasteiger partial charge in [-0.25, -0.2) is 4.39 Å². The van der Waals surface area contributed by atoms with Crippen LogP contribution in [0.15, 0.2) is 36.4 Å². The van der Waals surface area contributed by atoms with Gasteiger partial charge in [-0.2, -0.15) is 0 Å². The first-order valence-electron chi connectivity index (χ1n) is 6.29. The fraction of sp³-hybridized carbons (Fsp3) is 0.400. The largest absolute Gasteiger partial charge is 0.465 e. The summed E-state index contributed by atoms with van der Waals surface area (Å²) in [6.07, 6.45) is 7.36. The Morgan fingerprint density at radius 1 is 1.33 bits per heavy atom. The van der Waals surface area contributed by atoms with Crippen LogP contribution in [0.5, 0.6) is 0 Å². The smallest absolute Gasteiger partial charge is 0.310 e. The molecule has 2 rings (SSSR count). The SMILES string of the molecule is O=C(Cc1ccccc1F)OCC1CC=CCC1. The molecule has 1 aromatic rings. The molecular weight excluding hydrogens is 231 g/mol. The van der Waals surface area contributed by atoms with E-state index in [0.717, 1.165) is 19.3 Å². The van der Waals surface area contributed by atoms with Crippen molar-refractivity contribution < 1.29 is 13.9 Å². The molecule has 96 valence electrons. The number of halogens is 1. The third-order valence-corrected chi connectivity index (χ3v) is 3.15. The van der Waals surface area contributed by atoms with Crippen molar-refractivity contribution in [2.75, 3.05) is 6.61 Å². The summed E-state index contributed by atoms with van der Waals surface area (Å²) >= 11 is 0. The fourth-order valence-corrected chi connectivity index (χ4v) is 2.07. The molecule has 0 amide bonds. The van der Waals surface area contributed by atoms with Crippen molar-refractivity contribution in [1.29, 1.82) is 0 Å². The lowest BCUT2D eigenvalue weighted by Gasteiger charge is -2.17. The molecule has 2 nitrogen and oxygen atoms in total. The number of hydrogen-bond donors (Lipinski definition) is 0. The van der Waals surface area contributed by atoms with Gasteiger partial charge in [-0.05, 0) is 36.8 Å². The Labute approximate surface area is 106 Å². The maximum Gasteiger partial charge on any atom is 0.310 e. The molecule has 0 spiro atoms. The molecule has 0 bridgehead atoms. The Balaban J connectivity index is 1.78. The first kappa shape index (κ1) is 12.8. The number of carbonyl (C=O) groups excluding carboxylic acids is 1. The quantitative estimate of drug-likeness (QED) is 0.604. The summed E-state index contributed by atoms with van der Waals surface area (Å²) in [6.45, 7) is 0.442. The third-order valence-electron chi connectivity index (χ3n) is 3.15. The molecule has 0 aliphatic heterocycles. The van der Waals surface area contributed by atoms with Crippen molar-refractivity contribution in [3.63, 3.8) is 0 Å². The third kappa shape index (κ3) is 3.69. The van der Waals surface area contributed by atoms with E-state index in [-0.39, 0.29) is 18.2 Å². The molecule has 0 aromatic heterocycles. The van der Waals surface area contributed by atoms with Crippen LogP contribution in [0.25, 0.3) is 0 Å². The van der Waals surface area contributed by atoms with Crippen LogP contribution < -0.4 is 0 Å². The minimum absolute atomic E-state index is 0.00916. The highest BCUT2D eigenvalue weighted by Crippen LogP contribution is 2.18. The first-order valence-corrected chi connectivity index (χ1v) is 6.29. The van der Waals surface area contributed by atoms with Crippen molar-refractivity contribution >= 4 is 5.97 Å². The normalized spacial score (nSPS) is 18.6. The molecule has 1 atom stereocenters. The van der Waals surface area contributed by atoms with Gasteiger partial charge in [0.15, 0.2) is 0 Å². The Morgan fingerprint density at radius 3 is 2.89 bits per heavy atom. The zero-order valence-corrected chi connectivity index (χ0v) is 10.3. The molecule has 1 aliphatic carbocycles. The minimum atomic E-state index is -0.352. The van der Waals surface area contributed by atoms with Crippen molar-refractivity contribution in [3.05, 3.63) is 47.8 Å². The number of carbonyl (C=O) groups is 1. The Kier molecular flexibility index (Phi) is 4.51. The summed E-state index contributed by atoms with van der Waals surface area (Å²) < 4.78 is 18.5. The Bertz CT molecular complexity index is 440. The van der Waals surface area contributed by atoms with Crippen molar-refractivity contribution in [3.8, 4) is 0 Å². The van der Waals surface area contributed by atoms with Crippen molar-refractivity contribution in [1.82, 2.24) is 0 Å². The van der Waals surface area contributed by atoms with E-state index >= 15 is 0 Å². The van der Waals surface area contributed by atoms with E-state index in [9.17, 15) is 9.18 Å². The Hall–Kier alpha value is -1.64. The van der Waals surface area contributed by atoms with Crippen LogP contribution in [0.3, 0.4) is 0 Å². The molecule has 18 heavy (non-hydrogen) atoms. The average molecular weight is 248 g/mol. The topological polar surface area (TPSA) is 26.3 Å². The molecule has 0 radical (unpaired) electrons. The second kappa shape index (κ2) is 6.34. The summed E-state index contributed by atoms with van der Waals surface area (Å²) in [7, 11) is 0. The van der Waals surface area contributed by atoms with E-state index in [2.05, 4.69) is 12.2 Å². The van der Waals surface area contributed by atoms with Crippen molar-refractivity contribution in [2.45, 2.75) is 25.7 Å². The average Bonchev–Trinajstić information content (AvgIpc) is 2.40. The van der Waals surface area contributed by atoms with Crippen LogP contribution in [-0.4, -0.2) is 12.6 Å². The van der Waals surface area contributed by atoms with Gasteiger partial charge < -0.3 is 4.74 Å². The Morgan fingerprint density at radius 2 is 2.17 bits per heavy atom. The molecule has 3 heteroatoms. The molecule has 1 unspecified atom stereocenters. The molecule has 0 fully saturated rings. The first-order chi connectivity index (χ1) is 8.75. The minimum Gasteiger partial charge on any atom is -0.465 e. The highest BCUT2D eigenvalue weighted by Gasteiger charge is 2.14. The number of rotatable bonds is 4. The summed E-state index contributed by atoms with van der Waals surface area (Å²) in [5, 5.41) is 0. The highest BCUT2D eigenvalue weighted by molar-refractivity contribution is 5.72. The number of esters is 1. The zero-order chi connectivity index (χ0) is 12.8. The van der Waals surface area contributed by atoms with Crippen LogP contribution in [0.4, 0.5) is 4.39 Å². The van der Waals surface area contributed by atoms with E-state index < -0.39 is 0 Å². The summed E-state index contributed by atoms with van der Waals surface area (Å²) in [4.78, 5) is 11.6. The van der Waals surface area contributed by atoms with E-state index in [4.69, 9.17) is 4.74 Å². The molecule has 0 saturated heterocycles. The predicted molar refractivity (Wildman–Crippen MR) is 67.5 cm³/mol. The summed E-state index contributed by atoms with van der Waals surface area (Å²) in [5.74, 6) is -0.288. The van der Waals surface area contributed by atoms with Crippen molar-refractivity contribution in [2.24, 2.45) is 5.92 Å². The number of ether oxygens (including phenoxy) is 1. The maximum absolute atomic E-state index is 13.3. The molecule has 0 heterocycles. The standard InChI is InChI=1S/C15H17FO2/c16-14-9-5-4-8-13(14)10-15(17)18-11-12-6-2-1-3-7-12/h1-2,4-5,8-9,12H,3,6-7,10-11H2. The molecular formula is C15H17FO2. The van der Waals surface area contributed by atoms with Gasteiger partial charge in [-0.3, -0.25) is 4.79 Å². The van der Waals surface area contributed by atoms with Crippen LogP contribution in [0.1, 0.15) is 24.8 Å². The number of allylic oxidation sites excluding steroid dienone is 2. The molecule has 1 aromatic carbocycles. The summed E-state index contributed by atoms with van der Waals surface area (Å²) in [6, 6.07) is 6.30. The van der Waals surface area contributed by atoms with Gasteiger partial charge in [0, 0.05) is 0 Å². The second-order valence-corrected chi connectivity index (χ2v) is 4.60. The second-order valence-electron chi connectivity index (χ2n) is 4.60. The van der Waals surface area contributed by atoms with E-state index in [1.54, 1.807) is 18.2 Å². The van der Waals surface area contributed by atoms with Crippen LogP contribution >= 0.6 is 0 Å². The van der Waals surface area contributed by atoms with E-state index in [0.29, 0.717) is 18.1 Å². The number of benzene rings is 1. The van der Waals surface area contributed by atoms with Crippen LogP contribution in [0, 0.1) is 11.7 Å². The van der Waals surface area contributed by atoms with Gasteiger partial charge in [0.1, 0.15) is 5.82 Å². The molecule has 1 aliphatic rings. The van der Waals surface area contributed by atoms with Gasteiger partial charge in [0.2, 0.25) is 0 Å². The van der Waals surface area contributed by atoms with Gasteiger partial charge >= 0.3 is 5.97 Å². The van der Waals surface area contributed by atoms with Crippen LogP contribution in [-0.2, 0) is 16.0 Å². The van der Waals surface area contributed by atoms with Gasteiger partial charge in [-0.15, -0.1) is 0 Å². The monoisotopic (exact) mass is 248 g/mol. The van der Waals surface area contributed by atoms with E-state index in [1.807, 2.05) is 0 Å². The lowest BCUT2D eigenvalue weighted by Crippen LogP contribution is -2.16. The van der Waals surface area contributed by atoms with Gasteiger partial charge in [-0.1, -0.05) is 30.4 Å². The lowest BCUT2D eigenvalue weighted by atomic mass is 9.95. The van der Waals surface area contributed by atoms with Gasteiger partial charge in [0.25, 0.3) is 0 Å². The maximum atomic E-state index is 13.3. The fourth-order valence-electron chi connectivity index (χ4n) is 2.07. The highest BCUT2D eigenvalue weighted by atomic mass is 19.1. The lowest BCUT2D eigenvalue weighted by molar-refractivity contribution is -0.144. The van der Waals surface area contributed by atoms with Crippen LogP contribution in [0.2, 0.25) is 0 Å². The van der Waals surface area contributed by atoms with E-state index in [1.165, 1.54) is 6.07 Å². The van der Waals surface area contributed by atoms with Gasteiger partial charge in [0.05, 0.1) is 13.0 Å². The number of hydrogen-bond acceptors (Lipinski definition) is 2. The molecule has 0 saturated carbocycles. The zero-order valence-electron chi connectivity index (χ0n) is 10.3. The summed E-state index contributed by atoms with van der Waals surface area (Å²) in [5.41, 5.74) is 0.394. The molecule has 0 N–H and O–H groups in total. The predicted octanol–water partition coefficient (Wildman–Crippen LogP) is 3.27.